The first-order valence-electron chi connectivity index (χ1n) is 5.02. The van der Waals surface area contributed by atoms with Crippen LogP contribution in [0.4, 0.5) is 0 Å². The van der Waals surface area contributed by atoms with Crippen molar-refractivity contribution in [1.82, 2.24) is 4.90 Å². The number of rotatable bonds is 1. The Labute approximate surface area is 100 Å². The molecule has 0 radical (unpaired) electrons. The van der Waals surface area contributed by atoms with Crippen molar-refractivity contribution in [2.75, 3.05) is 13.1 Å². The molecule has 1 amide bonds. The van der Waals surface area contributed by atoms with E-state index in [1.54, 1.807) is 0 Å². The second-order valence-corrected chi connectivity index (χ2v) is 3.76. The van der Waals surface area contributed by atoms with Gasteiger partial charge in [0, 0.05) is 19.2 Å². The number of aromatic nitrogens is 1. The van der Waals surface area contributed by atoms with Gasteiger partial charge in [-0.25, -0.2) is 4.57 Å². The lowest BCUT2D eigenvalue weighted by Crippen LogP contribution is -3.00. The van der Waals surface area contributed by atoms with Crippen LogP contribution in [0.1, 0.15) is 23.2 Å². The molecule has 1 aromatic heterocycles. The molecule has 1 aliphatic heterocycles. The minimum atomic E-state index is 0. The summed E-state index contributed by atoms with van der Waals surface area (Å²) in [7, 11) is 1.93. The van der Waals surface area contributed by atoms with E-state index in [1.165, 1.54) is 0 Å². The summed E-state index contributed by atoms with van der Waals surface area (Å²) in [5, 5.41) is 0. The number of nitrogens with zero attached hydrogens (tertiary/aromatic N) is 2. The van der Waals surface area contributed by atoms with Crippen LogP contribution in [-0.2, 0) is 7.05 Å². The quantitative estimate of drug-likeness (QED) is 0.530. The van der Waals surface area contributed by atoms with E-state index >= 15 is 0 Å². The van der Waals surface area contributed by atoms with Gasteiger partial charge < -0.3 is 21.9 Å². The van der Waals surface area contributed by atoms with Crippen molar-refractivity contribution in [2.24, 2.45) is 7.05 Å². The lowest BCUT2D eigenvalue weighted by molar-refractivity contribution is -0.671. The van der Waals surface area contributed by atoms with Crippen LogP contribution < -0.4 is 21.5 Å². The van der Waals surface area contributed by atoms with E-state index in [4.69, 9.17) is 0 Å². The highest BCUT2D eigenvalue weighted by molar-refractivity contribution is 5.93. The molecule has 82 valence electrons. The third-order valence-electron chi connectivity index (χ3n) is 2.58. The summed E-state index contributed by atoms with van der Waals surface area (Å²) in [6.45, 7) is 1.83. The van der Waals surface area contributed by atoms with Gasteiger partial charge in [0.05, 0.1) is 0 Å². The third-order valence-corrected chi connectivity index (χ3v) is 2.58. The highest BCUT2D eigenvalue weighted by Gasteiger charge is 2.20. The number of aryl methyl sites for hydroxylation is 1. The molecule has 2 rings (SSSR count). The first-order valence-corrected chi connectivity index (χ1v) is 5.02. The number of carbonyl (C=O) groups is 1. The molecule has 4 heteroatoms. The zero-order valence-corrected chi connectivity index (χ0v) is 10.4. The minimum Gasteiger partial charge on any atom is -1.00 e. The Kier molecular flexibility index (Phi) is 4.27. The van der Waals surface area contributed by atoms with Gasteiger partial charge in [-0.1, -0.05) is 0 Å². The Bertz CT molecular complexity index is 348. The molecule has 0 bridgehead atoms. The maximum atomic E-state index is 11.9. The lowest BCUT2D eigenvalue weighted by Gasteiger charge is -2.13. The Morgan fingerprint density at radius 2 is 2.07 bits per heavy atom. The van der Waals surface area contributed by atoms with Crippen LogP contribution in [0, 0.1) is 0 Å². The second-order valence-electron chi connectivity index (χ2n) is 3.76. The average Bonchev–Trinajstić information content (AvgIpc) is 2.69. The maximum absolute atomic E-state index is 11.9. The Hall–Kier alpha value is -0.900. The minimum absolute atomic E-state index is 0. The van der Waals surface area contributed by atoms with Crippen LogP contribution in [0.5, 0.6) is 0 Å². The zero-order valence-electron chi connectivity index (χ0n) is 8.82. The van der Waals surface area contributed by atoms with E-state index < -0.39 is 0 Å². The summed E-state index contributed by atoms with van der Waals surface area (Å²) < 4.78 is 1.91. The second kappa shape index (κ2) is 5.26. The number of hydrogen-bond donors (Lipinski definition) is 0. The predicted molar refractivity (Wildman–Crippen MR) is 52.8 cm³/mol. The summed E-state index contributed by atoms with van der Waals surface area (Å²) in [4.78, 5) is 13.8. The number of halogens is 1. The van der Waals surface area contributed by atoms with Crippen molar-refractivity contribution in [1.29, 1.82) is 0 Å². The first kappa shape index (κ1) is 12.2. The molecule has 0 atom stereocenters. The summed E-state index contributed by atoms with van der Waals surface area (Å²) in [5.74, 6) is 0.165. The molecular weight excluding hydrogens is 256 g/mol. The maximum Gasteiger partial charge on any atom is 0.259 e. The number of pyridine rings is 1. The fourth-order valence-electron chi connectivity index (χ4n) is 1.82. The van der Waals surface area contributed by atoms with Gasteiger partial charge in [-0.3, -0.25) is 4.79 Å². The highest BCUT2D eigenvalue weighted by atomic mass is 79.9. The number of hydrogen-bond acceptors (Lipinski definition) is 1. The lowest BCUT2D eigenvalue weighted by atomic mass is 10.2. The molecule has 2 heterocycles. The first-order chi connectivity index (χ1) is 6.77. The van der Waals surface area contributed by atoms with Gasteiger partial charge in [0.25, 0.3) is 5.91 Å². The highest BCUT2D eigenvalue weighted by Crippen LogP contribution is 2.11. The van der Waals surface area contributed by atoms with E-state index in [0.29, 0.717) is 0 Å². The molecule has 0 saturated carbocycles. The fraction of sp³-hybridized carbons (Fsp3) is 0.455. The van der Waals surface area contributed by atoms with Gasteiger partial charge in [0.15, 0.2) is 12.4 Å². The normalized spacial score (nSPS) is 14.9. The topological polar surface area (TPSA) is 24.2 Å². The van der Waals surface area contributed by atoms with Gasteiger partial charge in [0.1, 0.15) is 12.6 Å². The molecule has 1 aromatic rings. The standard InChI is InChI=1S/C11H15N2O.BrH/c1-12-6-4-5-10(9-12)11(14)13-7-2-3-8-13;/h4-6,9H,2-3,7-8H2,1H3;1H/q+1;/p-1. The van der Waals surface area contributed by atoms with Crippen LogP contribution in [0.3, 0.4) is 0 Å². The van der Waals surface area contributed by atoms with Gasteiger partial charge in [-0.05, 0) is 18.9 Å². The van der Waals surface area contributed by atoms with Crippen LogP contribution in [0.2, 0.25) is 0 Å². The van der Waals surface area contributed by atoms with E-state index in [-0.39, 0.29) is 22.9 Å². The molecular formula is C11H15BrN2O. The summed E-state index contributed by atoms with van der Waals surface area (Å²) in [6, 6.07) is 3.78. The molecule has 3 nitrogen and oxygen atoms in total. The number of amides is 1. The molecule has 1 aliphatic rings. The van der Waals surface area contributed by atoms with Crippen molar-refractivity contribution in [3.63, 3.8) is 0 Å². The largest absolute Gasteiger partial charge is 1.00 e. The van der Waals surface area contributed by atoms with E-state index in [2.05, 4.69) is 0 Å². The van der Waals surface area contributed by atoms with Crippen LogP contribution >= 0.6 is 0 Å². The summed E-state index contributed by atoms with van der Waals surface area (Å²) in [6.07, 6.45) is 6.09. The van der Waals surface area contributed by atoms with Crippen molar-refractivity contribution >= 4 is 5.91 Å². The molecule has 0 aliphatic carbocycles. The van der Waals surface area contributed by atoms with Crippen molar-refractivity contribution in [2.45, 2.75) is 12.8 Å². The molecule has 15 heavy (non-hydrogen) atoms. The summed E-state index contributed by atoms with van der Waals surface area (Å²) in [5.41, 5.74) is 0.789. The molecule has 0 spiro atoms. The van der Waals surface area contributed by atoms with Crippen LogP contribution in [0.25, 0.3) is 0 Å². The van der Waals surface area contributed by atoms with Gasteiger partial charge in [-0.15, -0.1) is 0 Å². The third kappa shape index (κ3) is 2.78. The molecule has 1 fully saturated rings. The smallest absolute Gasteiger partial charge is 0.259 e. The molecule has 0 aromatic carbocycles. The Balaban J connectivity index is 0.00000112. The van der Waals surface area contributed by atoms with E-state index in [1.807, 2.05) is 41.0 Å². The molecule has 1 saturated heterocycles. The van der Waals surface area contributed by atoms with Crippen molar-refractivity contribution in [3.05, 3.63) is 30.1 Å². The number of carbonyl (C=O) groups excluding carboxylic acids is 1. The summed E-state index contributed by atoms with van der Waals surface area (Å²) >= 11 is 0. The van der Waals surface area contributed by atoms with Crippen molar-refractivity contribution in [3.8, 4) is 0 Å². The van der Waals surface area contributed by atoms with Crippen LogP contribution in [-0.4, -0.2) is 23.9 Å². The van der Waals surface area contributed by atoms with E-state index in [0.717, 1.165) is 31.5 Å². The van der Waals surface area contributed by atoms with Crippen LogP contribution in [0.15, 0.2) is 24.5 Å². The Morgan fingerprint density at radius 3 is 2.67 bits per heavy atom. The molecule has 0 unspecified atom stereocenters. The van der Waals surface area contributed by atoms with Crippen molar-refractivity contribution < 1.29 is 26.3 Å². The van der Waals surface area contributed by atoms with Gasteiger partial charge in [-0.2, -0.15) is 0 Å². The zero-order chi connectivity index (χ0) is 9.97. The monoisotopic (exact) mass is 270 g/mol. The molecule has 0 N–H and O–H groups in total. The SMILES string of the molecule is C[n+]1cccc(C(=O)N2CCCC2)c1.[Br-]. The Morgan fingerprint density at radius 1 is 1.40 bits per heavy atom. The van der Waals surface area contributed by atoms with Gasteiger partial charge >= 0.3 is 0 Å². The number of likely N-dealkylation sites (tertiary alicyclic amines) is 1. The fourth-order valence-corrected chi connectivity index (χ4v) is 1.82. The predicted octanol–water partition coefficient (Wildman–Crippen LogP) is -2.25. The van der Waals surface area contributed by atoms with E-state index in [9.17, 15) is 4.79 Å². The van der Waals surface area contributed by atoms with Gasteiger partial charge in [0.2, 0.25) is 0 Å². The average molecular weight is 271 g/mol.